The molecule has 0 unspecified atom stereocenters. The number of aliphatic hydroxyl groups excluding tert-OH is 1. The molecule has 6 heteroatoms. The molecule has 0 radical (unpaired) electrons. The lowest BCUT2D eigenvalue weighted by atomic mass is 10.1. The van der Waals surface area contributed by atoms with E-state index in [1.165, 1.54) is 0 Å². The number of nitrogens with one attached hydrogen (secondary N) is 1. The van der Waals surface area contributed by atoms with E-state index < -0.39 is 6.10 Å². The second kappa shape index (κ2) is 9.28. The molecule has 2 N–H and O–H groups in total. The van der Waals surface area contributed by atoms with E-state index in [4.69, 9.17) is 21.1 Å². The van der Waals surface area contributed by atoms with Gasteiger partial charge in [-0.2, -0.15) is 0 Å². The van der Waals surface area contributed by atoms with E-state index in [-0.39, 0.29) is 0 Å². The van der Waals surface area contributed by atoms with Gasteiger partial charge in [0.05, 0.1) is 25.3 Å². The van der Waals surface area contributed by atoms with Gasteiger partial charge in [-0.05, 0) is 42.3 Å². The minimum atomic E-state index is -0.552. The van der Waals surface area contributed by atoms with Gasteiger partial charge in [-0.1, -0.05) is 45.7 Å². The van der Waals surface area contributed by atoms with Crippen molar-refractivity contribution in [1.82, 2.24) is 5.32 Å². The summed E-state index contributed by atoms with van der Waals surface area (Å²) in [7, 11) is 3.15. The van der Waals surface area contributed by atoms with Crippen LogP contribution < -0.4 is 14.8 Å². The summed E-state index contributed by atoms with van der Waals surface area (Å²) in [6.45, 7) is 1.17. The van der Waals surface area contributed by atoms with Crippen LogP contribution in [-0.2, 0) is 6.42 Å². The molecule has 4 nitrogen and oxygen atoms in total. The van der Waals surface area contributed by atoms with Gasteiger partial charge in [0, 0.05) is 11.0 Å². The molecule has 0 amide bonds. The van der Waals surface area contributed by atoms with Crippen molar-refractivity contribution in [1.29, 1.82) is 0 Å². The van der Waals surface area contributed by atoms with E-state index in [0.29, 0.717) is 29.6 Å². The Morgan fingerprint density at radius 1 is 1.21 bits per heavy atom. The third-order valence-corrected chi connectivity index (χ3v) is 4.61. The van der Waals surface area contributed by atoms with Gasteiger partial charge >= 0.3 is 0 Å². The molecule has 0 saturated heterocycles. The van der Waals surface area contributed by atoms with E-state index in [1.807, 2.05) is 36.4 Å². The maximum absolute atomic E-state index is 10.2. The number of hydrogen-bond donors (Lipinski definition) is 2. The fourth-order valence-electron chi connectivity index (χ4n) is 2.42. The molecule has 1 atom stereocenters. The van der Waals surface area contributed by atoms with Crippen molar-refractivity contribution in [3.63, 3.8) is 0 Å². The lowest BCUT2D eigenvalue weighted by Gasteiger charge is -2.14. The maximum atomic E-state index is 10.2. The van der Waals surface area contributed by atoms with E-state index in [9.17, 15) is 5.11 Å². The molecule has 0 aliphatic rings. The van der Waals surface area contributed by atoms with Crippen LogP contribution in [0.2, 0.25) is 5.02 Å². The summed E-state index contributed by atoms with van der Waals surface area (Å²) in [6.07, 6.45) is 0.174. The van der Waals surface area contributed by atoms with Gasteiger partial charge in [0.1, 0.15) is 0 Å². The molecule has 0 heterocycles. The Morgan fingerprint density at radius 3 is 2.67 bits per heavy atom. The normalized spacial score (nSPS) is 12.0. The number of ether oxygens (including phenoxy) is 2. The average molecular weight is 415 g/mol. The van der Waals surface area contributed by atoms with Gasteiger partial charge in [-0.3, -0.25) is 0 Å². The van der Waals surface area contributed by atoms with Crippen LogP contribution in [0.1, 0.15) is 17.2 Å². The van der Waals surface area contributed by atoms with Crippen molar-refractivity contribution in [2.75, 3.05) is 27.3 Å². The second-order valence-electron chi connectivity index (χ2n) is 5.30. The predicted octanol–water partition coefficient (Wildman–Crippen LogP) is 3.99. The van der Waals surface area contributed by atoms with E-state index in [2.05, 4.69) is 21.2 Å². The Kier molecular flexibility index (Phi) is 7.37. The molecule has 2 aromatic rings. The fraction of sp³-hybridized carbons (Fsp3) is 0.333. The number of methoxy groups -OCH3 is 2. The van der Waals surface area contributed by atoms with Gasteiger partial charge in [-0.25, -0.2) is 0 Å². The summed E-state index contributed by atoms with van der Waals surface area (Å²) in [5, 5.41) is 14.0. The molecule has 0 spiro atoms. The third-order valence-electron chi connectivity index (χ3n) is 3.71. The predicted molar refractivity (Wildman–Crippen MR) is 100 cm³/mol. The Bertz CT molecular complexity index is 681. The molecule has 2 rings (SSSR count). The van der Waals surface area contributed by atoms with Crippen molar-refractivity contribution >= 4 is 27.5 Å². The van der Waals surface area contributed by atoms with Crippen molar-refractivity contribution in [2.45, 2.75) is 12.5 Å². The molecule has 0 fully saturated rings. The smallest absolute Gasteiger partial charge is 0.179 e. The van der Waals surface area contributed by atoms with E-state index >= 15 is 0 Å². The summed E-state index contributed by atoms with van der Waals surface area (Å²) in [6, 6.07) is 11.4. The summed E-state index contributed by atoms with van der Waals surface area (Å²) in [5.74, 6) is 1.16. The maximum Gasteiger partial charge on any atom is 0.179 e. The van der Waals surface area contributed by atoms with Crippen molar-refractivity contribution in [3.05, 3.63) is 57.0 Å². The van der Waals surface area contributed by atoms with Gasteiger partial charge in [-0.15, -0.1) is 0 Å². The Morgan fingerprint density at radius 2 is 2.00 bits per heavy atom. The Hall–Kier alpha value is -1.27. The lowest BCUT2D eigenvalue weighted by molar-refractivity contribution is 0.175. The standard InChI is InChI=1S/C18H21BrClNO3/c1-23-16-7-6-12(17(20)18(16)24-2)8-9-21-11-15(22)13-4-3-5-14(19)10-13/h3-7,10,15,21-22H,8-9,11H2,1-2H3/t15-/m1/s1. The third kappa shape index (κ3) is 4.86. The first-order valence-electron chi connectivity index (χ1n) is 7.60. The van der Waals surface area contributed by atoms with Crippen molar-refractivity contribution in [2.24, 2.45) is 0 Å². The summed E-state index contributed by atoms with van der Waals surface area (Å²) in [5.41, 5.74) is 1.85. The highest BCUT2D eigenvalue weighted by atomic mass is 79.9. The first-order valence-corrected chi connectivity index (χ1v) is 8.77. The van der Waals surface area contributed by atoms with Crippen molar-refractivity contribution in [3.8, 4) is 11.5 Å². The van der Waals surface area contributed by atoms with Crippen LogP contribution in [0, 0.1) is 0 Å². The molecular formula is C18H21BrClNO3. The zero-order chi connectivity index (χ0) is 17.5. The summed E-state index contributed by atoms with van der Waals surface area (Å²) < 4.78 is 11.5. The number of halogens is 2. The zero-order valence-electron chi connectivity index (χ0n) is 13.7. The van der Waals surface area contributed by atoms with E-state index in [1.54, 1.807) is 14.2 Å². The molecule has 2 aromatic carbocycles. The van der Waals surface area contributed by atoms with Gasteiger partial charge in [0.15, 0.2) is 11.5 Å². The summed E-state index contributed by atoms with van der Waals surface area (Å²) in [4.78, 5) is 0. The van der Waals surface area contributed by atoms with Crippen LogP contribution in [0.15, 0.2) is 40.9 Å². The van der Waals surface area contributed by atoms with Crippen molar-refractivity contribution < 1.29 is 14.6 Å². The molecular weight excluding hydrogens is 394 g/mol. The second-order valence-corrected chi connectivity index (χ2v) is 6.59. The topological polar surface area (TPSA) is 50.7 Å². The quantitative estimate of drug-likeness (QED) is 0.641. The van der Waals surface area contributed by atoms with Crippen LogP contribution in [0.4, 0.5) is 0 Å². The first-order chi connectivity index (χ1) is 11.6. The molecule has 0 aliphatic heterocycles. The molecule has 0 saturated carbocycles. The zero-order valence-corrected chi connectivity index (χ0v) is 16.0. The molecule has 24 heavy (non-hydrogen) atoms. The number of aliphatic hydroxyl groups is 1. The minimum Gasteiger partial charge on any atom is -0.493 e. The SMILES string of the molecule is COc1ccc(CCNC[C@@H](O)c2cccc(Br)c2)c(Cl)c1OC. The average Bonchev–Trinajstić information content (AvgIpc) is 2.59. The van der Waals surface area contributed by atoms with Crippen LogP contribution >= 0.6 is 27.5 Å². The van der Waals surface area contributed by atoms with Crippen LogP contribution in [0.5, 0.6) is 11.5 Å². The Labute approximate surface area is 155 Å². The van der Waals surface area contributed by atoms with Crippen LogP contribution in [0.25, 0.3) is 0 Å². The Balaban J connectivity index is 1.88. The lowest BCUT2D eigenvalue weighted by Crippen LogP contribution is -2.23. The molecule has 0 aliphatic carbocycles. The summed E-state index contributed by atoms with van der Waals surface area (Å²) >= 11 is 9.77. The highest BCUT2D eigenvalue weighted by Crippen LogP contribution is 2.37. The number of hydrogen-bond acceptors (Lipinski definition) is 4. The van der Waals surface area contributed by atoms with Gasteiger partial charge in [0.25, 0.3) is 0 Å². The van der Waals surface area contributed by atoms with Gasteiger partial charge < -0.3 is 19.9 Å². The molecule has 0 bridgehead atoms. The fourth-order valence-corrected chi connectivity index (χ4v) is 3.16. The van der Waals surface area contributed by atoms with Crippen LogP contribution in [-0.4, -0.2) is 32.4 Å². The largest absolute Gasteiger partial charge is 0.493 e. The van der Waals surface area contributed by atoms with Crippen LogP contribution in [0.3, 0.4) is 0 Å². The minimum absolute atomic E-state index is 0.474. The molecule has 0 aromatic heterocycles. The first kappa shape index (κ1) is 19.1. The van der Waals surface area contributed by atoms with Gasteiger partial charge in [0.2, 0.25) is 0 Å². The molecule has 130 valence electrons. The highest BCUT2D eigenvalue weighted by Gasteiger charge is 2.13. The number of rotatable bonds is 8. The van der Waals surface area contributed by atoms with E-state index in [0.717, 1.165) is 22.0 Å². The highest BCUT2D eigenvalue weighted by molar-refractivity contribution is 9.10. The monoisotopic (exact) mass is 413 g/mol. The number of benzene rings is 2.